The second-order valence-electron chi connectivity index (χ2n) is 6.22. The molecule has 1 aromatic heterocycles. The molecule has 0 fully saturated rings. The minimum atomic E-state index is -0.180. The van der Waals surface area contributed by atoms with Crippen LogP contribution in [0.25, 0.3) is 11.4 Å². The SMILES string of the molecule is CCn1c(SCC(=O)Nc2cccc(C(C)=O)c2)nnc1-c1ccccc1OC. The molecule has 1 amide bonds. The second-order valence-corrected chi connectivity index (χ2v) is 7.17. The molecule has 150 valence electrons. The lowest BCUT2D eigenvalue weighted by Gasteiger charge is -2.10. The number of ketones is 1. The quantitative estimate of drug-likeness (QED) is 0.448. The summed E-state index contributed by atoms with van der Waals surface area (Å²) in [6.45, 7) is 4.15. The number of benzene rings is 2. The zero-order valence-corrected chi connectivity index (χ0v) is 17.3. The van der Waals surface area contributed by atoms with E-state index in [0.29, 0.717) is 34.5 Å². The first kappa shape index (κ1) is 20.6. The third-order valence-corrected chi connectivity index (χ3v) is 5.23. The van der Waals surface area contributed by atoms with E-state index < -0.39 is 0 Å². The summed E-state index contributed by atoms with van der Waals surface area (Å²) in [6.07, 6.45) is 0. The third-order valence-electron chi connectivity index (χ3n) is 4.27. The van der Waals surface area contributed by atoms with Gasteiger partial charge in [-0.25, -0.2) is 0 Å². The molecule has 0 spiro atoms. The first-order valence-corrected chi connectivity index (χ1v) is 10.1. The maximum absolute atomic E-state index is 12.3. The molecular formula is C21H22N4O3S. The zero-order valence-electron chi connectivity index (χ0n) is 16.5. The van der Waals surface area contributed by atoms with Crippen LogP contribution in [-0.2, 0) is 11.3 Å². The van der Waals surface area contributed by atoms with Gasteiger partial charge in [0.1, 0.15) is 5.75 Å². The first-order valence-electron chi connectivity index (χ1n) is 9.13. The van der Waals surface area contributed by atoms with Gasteiger partial charge in [-0.05, 0) is 38.1 Å². The molecule has 0 aliphatic rings. The molecule has 7 nitrogen and oxygen atoms in total. The summed E-state index contributed by atoms with van der Waals surface area (Å²) >= 11 is 1.31. The highest BCUT2D eigenvalue weighted by Gasteiger charge is 2.17. The van der Waals surface area contributed by atoms with Crippen molar-refractivity contribution in [1.29, 1.82) is 0 Å². The van der Waals surface area contributed by atoms with Crippen LogP contribution in [0.1, 0.15) is 24.2 Å². The Bertz CT molecular complexity index is 1030. The highest BCUT2D eigenvalue weighted by molar-refractivity contribution is 7.99. The lowest BCUT2D eigenvalue weighted by atomic mass is 10.1. The topological polar surface area (TPSA) is 86.1 Å². The fourth-order valence-electron chi connectivity index (χ4n) is 2.85. The number of Topliss-reactive ketones (excluding diaryl/α,β-unsaturated/α-hetero) is 1. The van der Waals surface area contributed by atoms with Gasteiger partial charge in [0.15, 0.2) is 16.8 Å². The zero-order chi connectivity index (χ0) is 20.8. The van der Waals surface area contributed by atoms with Crippen molar-refractivity contribution in [2.45, 2.75) is 25.5 Å². The lowest BCUT2D eigenvalue weighted by molar-refractivity contribution is -0.113. The van der Waals surface area contributed by atoms with Crippen LogP contribution in [0.3, 0.4) is 0 Å². The van der Waals surface area contributed by atoms with Crippen molar-refractivity contribution in [3.05, 3.63) is 54.1 Å². The summed E-state index contributed by atoms with van der Waals surface area (Å²) in [4.78, 5) is 23.8. The Morgan fingerprint density at radius 1 is 1.14 bits per heavy atom. The Morgan fingerprint density at radius 3 is 2.66 bits per heavy atom. The van der Waals surface area contributed by atoms with Gasteiger partial charge in [-0.3, -0.25) is 9.59 Å². The summed E-state index contributed by atoms with van der Waals surface area (Å²) < 4.78 is 7.37. The van der Waals surface area contributed by atoms with E-state index >= 15 is 0 Å². The van der Waals surface area contributed by atoms with Crippen LogP contribution >= 0.6 is 11.8 Å². The highest BCUT2D eigenvalue weighted by Crippen LogP contribution is 2.30. The number of amides is 1. The molecule has 29 heavy (non-hydrogen) atoms. The normalized spacial score (nSPS) is 10.6. The largest absolute Gasteiger partial charge is 0.496 e. The number of hydrogen-bond donors (Lipinski definition) is 1. The number of anilines is 1. The Kier molecular flexibility index (Phi) is 6.66. The molecule has 3 rings (SSSR count). The third kappa shape index (κ3) is 4.83. The fraction of sp³-hybridized carbons (Fsp3) is 0.238. The van der Waals surface area contributed by atoms with Crippen molar-refractivity contribution in [3.8, 4) is 17.1 Å². The number of ether oxygens (including phenoxy) is 1. The van der Waals surface area contributed by atoms with E-state index in [1.165, 1.54) is 18.7 Å². The van der Waals surface area contributed by atoms with Crippen LogP contribution in [0.4, 0.5) is 5.69 Å². The van der Waals surface area contributed by atoms with E-state index in [4.69, 9.17) is 4.74 Å². The van der Waals surface area contributed by atoms with Gasteiger partial charge in [0, 0.05) is 17.8 Å². The van der Waals surface area contributed by atoms with Crippen molar-refractivity contribution < 1.29 is 14.3 Å². The van der Waals surface area contributed by atoms with E-state index in [-0.39, 0.29) is 17.4 Å². The van der Waals surface area contributed by atoms with E-state index in [0.717, 1.165) is 5.56 Å². The Balaban J connectivity index is 1.71. The van der Waals surface area contributed by atoms with Crippen LogP contribution < -0.4 is 10.1 Å². The molecule has 0 aliphatic heterocycles. The molecule has 0 bridgehead atoms. The van der Waals surface area contributed by atoms with Crippen LogP contribution in [0.2, 0.25) is 0 Å². The number of carbonyl (C=O) groups excluding carboxylic acids is 2. The summed E-state index contributed by atoms with van der Waals surface area (Å²) in [5, 5.41) is 12.0. The van der Waals surface area contributed by atoms with Crippen molar-refractivity contribution in [2.75, 3.05) is 18.2 Å². The van der Waals surface area contributed by atoms with Gasteiger partial charge in [-0.15, -0.1) is 10.2 Å². The van der Waals surface area contributed by atoms with Crippen LogP contribution in [0.5, 0.6) is 5.75 Å². The van der Waals surface area contributed by atoms with Gasteiger partial charge in [0.2, 0.25) is 5.91 Å². The molecule has 0 saturated heterocycles. The highest BCUT2D eigenvalue weighted by atomic mass is 32.2. The second kappa shape index (κ2) is 9.38. The number of hydrogen-bond acceptors (Lipinski definition) is 6. The number of rotatable bonds is 8. The van der Waals surface area contributed by atoms with Gasteiger partial charge < -0.3 is 14.6 Å². The van der Waals surface area contributed by atoms with Gasteiger partial charge in [0.25, 0.3) is 0 Å². The van der Waals surface area contributed by atoms with Crippen LogP contribution in [0, 0.1) is 0 Å². The van der Waals surface area contributed by atoms with Gasteiger partial charge in [-0.2, -0.15) is 0 Å². The van der Waals surface area contributed by atoms with Gasteiger partial charge in [0.05, 0.1) is 18.4 Å². The Hall–Kier alpha value is -3.13. The molecule has 1 heterocycles. The predicted octanol–water partition coefficient (Wildman–Crippen LogP) is 3.91. The van der Waals surface area contributed by atoms with E-state index in [9.17, 15) is 9.59 Å². The number of nitrogens with zero attached hydrogens (tertiary/aromatic N) is 3. The monoisotopic (exact) mass is 410 g/mol. The Morgan fingerprint density at radius 2 is 1.93 bits per heavy atom. The standard InChI is InChI=1S/C21H22N4O3S/c1-4-25-20(17-10-5-6-11-18(17)28-3)23-24-21(25)29-13-19(27)22-16-9-7-8-15(12-16)14(2)26/h5-12H,4,13H2,1-3H3,(H,22,27). The molecular weight excluding hydrogens is 388 g/mol. The molecule has 0 atom stereocenters. The minimum Gasteiger partial charge on any atom is -0.496 e. The number of methoxy groups -OCH3 is 1. The smallest absolute Gasteiger partial charge is 0.234 e. The van der Waals surface area contributed by atoms with Crippen molar-refractivity contribution in [1.82, 2.24) is 14.8 Å². The van der Waals surface area contributed by atoms with Crippen molar-refractivity contribution in [3.63, 3.8) is 0 Å². The summed E-state index contributed by atoms with van der Waals surface area (Å²) in [7, 11) is 1.62. The van der Waals surface area contributed by atoms with Crippen molar-refractivity contribution >= 4 is 29.1 Å². The average Bonchev–Trinajstić information content (AvgIpc) is 3.15. The fourth-order valence-corrected chi connectivity index (χ4v) is 3.65. The van der Waals surface area contributed by atoms with Crippen LogP contribution in [0.15, 0.2) is 53.7 Å². The van der Waals surface area contributed by atoms with Gasteiger partial charge >= 0.3 is 0 Å². The average molecular weight is 410 g/mol. The maximum Gasteiger partial charge on any atom is 0.234 e. The molecule has 8 heteroatoms. The molecule has 0 radical (unpaired) electrons. The number of para-hydroxylation sites is 1. The maximum atomic E-state index is 12.3. The van der Waals surface area contributed by atoms with Crippen LogP contribution in [-0.4, -0.2) is 39.3 Å². The molecule has 1 N–H and O–H groups in total. The lowest BCUT2D eigenvalue weighted by Crippen LogP contribution is -2.15. The van der Waals surface area contributed by atoms with Crippen molar-refractivity contribution in [2.24, 2.45) is 0 Å². The minimum absolute atomic E-state index is 0.0459. The summed E-state index contributed by atoms with van der Waals surface area (Å²) in [6, 6.07) is 14.5. The first-order chi connectivity index (χ1) is 14.0. The van der Waals surface area contributed by atoms with E-state index in [1.54, 1.807) is 31.4 Å². The van der Waals surface area contributed by atoms with E-state index in [2.05, 4.69) is 15.5 Å². The molecule has 0 saturated carbocycles. The number of aromatic nitrogens is 3. The molecule has 2 aromatic carbocycles. The van der Waals surface area contributed by atoms with Gasteiger partial charge in [-0.1, -0.05) is 36.0 Å². The predicted molar refractivity (Wildman–Crippen MR) is 113 cm³/mol. The number of nitrogens with one attached hydrogen (secondary N) is 1. The molecule has 0 aliphatic carbocycles. The molecule has 0 unspecified atom stereocenters. The summed E-state index contributed by atoms with van der Waals surface area (Å²) in [5.74, 6) is 1.36. The summed E-state index contributed by atoms with van der Waals surface area (Å²) in [5.41, 5.74) is 2.00. The molecule has 3 aromatic rings. The number of thioether (sulfide) groups is 1. The Labute approximate surface area is 173 Å². The number of carbonyl (C=O) groups is 2. The van der Waals surface area contributed by atoms with E-state index in [1.807, 2.05) is 35.8 Å².